The molecule has 0 radical (unpaired) electrons. The highest BCUT2D eigenvalue weighted by atomic mass is 16.2. The van der Waals surface area contributed by atoms with Crippen molar-refractivity contribution >= 4 is 11.8 Å². The van der Waals surface area contributed by atoms with Crippen molar-refractivity contribution in [3.05, 3.63) is 66.0 Å². The van der Waals surface area contributed by atoms with Crippen molar-refractivity contribution in [2.75, 3.05) is 13.1 Å². The van der Waals surface area contributed by atoms with Crippen LogP contribution in [0, 0.1) is 5.41 Å². The lowest BCUT2D eigenvalue weighted by Crippen LogP contribution is -2.62. The van der Waals surface area contributed by atoms with Crippen molar-refractivity contribution in [3.63, 3.8) is 0 Å². The Balaban J connectivity index is 1.47. The van der Waals surface area contributed by atoms with E-state index in [0.717, 1.165) is 36.9 Å². The second-order valence-electron chi connectivity index (χ2n) is 8.49. The van der Waals surface area contributed by atoms with E-state index in [0.29, 0.717) is 25.9 Å². The summed E-state index contributed by atoms with van der Waals surface area (Å²) in [4.78, 5) is 32.5. The maximum Gasteiger partial charge on any atom is 0.243 e. The first kappa shape index (κ1) is 20.5. The van der Waals surface area contributed by atoms with Crippen molar-refractivity contribution in [1.82, 2.24) is 15.2 Å². The van der Waals surface area contributed by atoms with E-state index < -0.39 is 11.5 Å². The summed E-state index contributed by atoms with van der Waals surface area (Å²) in [6.07, 6.45) is 6.80. The minimum Gasteiger partial charge on any atom is -0.347 e. The van der Waals surface area contributed by atoms with Gasteiger partial charge in [-0.2, -0.15) is 0 Å². The number of nitrogens with one attached hydrogen (secondary N) is 1. The number of benzene rings is 1. The molecule has 1 aliphatic heterocycles. The Kier molecular flexibility index (Phi) is 6.13. The maximum atomic E-state index is 13.2. The highest BCUT2D eigenvalue weighted by Gasteiger charge is 2.48. The molecule has 30 heavy (non-hydrogen) atoms. The highest BCUT2D eigenvalue weighted by Crippen LogP contribution is 2.40. The molecule has 6 nitrogen and oxygen atoms in total. The van der Waals surface area contributed by atoms with Gasteiger partial charge in [0.25, 0.3) is 0 Å². The number of carbonyl (C=O) groups is 2. The molecule has 1 aromatic heterocycles. The predicted molar refractivity (Wildman–Crippen MR) is 115 cm³/mol. The molecule has 2 aliphatic rings. The van der Waals surface area contributed by atoms with Gasteiger partial charge < -0.3 is 16.0 Å². The molecule has 1 aromatic carbocycles. The lowest BCUT2D eigenvalue weighted by molar-refractivity contribution is -0.155. The average Bonchev–Trinajstić information content (AvgIpc) is 3.24. The van der Waals surface area contributed by atoms with Gasteiger partial charge in [0.1, 0.15) is 6.04 Å². The Morgan fingerprint density at radius 1 is 1.13 bits per heavy atom. The van der Waals surface area contributed by atoms with Gasteiger partial charge >= 0.3 is 0 Å². The number of rotatable bonds is 7. The molecule has 4 rings (SSSR count). The first-order valence-corrected chi connectivity index (χ1v) is 10.9. The highest BCUT2D eigenvalue weighted by molar-refractivity contribution is 5.92. The van der Waals surface area contributed by atoms with Crippen LogP contribution in [0.25, 0.3) is 0 Å². The molecular formula is C24H30N4O2. The first-order chi connectivity index (χ1) is 14.6. The summed E-state index contributed by atoms with van der Waals surface area (Å²) in [6.45, 7) is 0.998. The normalized spacial score (nSPS) is 21.0. The molecule has 1 saturated carbocycles. The van der Waals surface area contributed by atoms with E-state index in [2.05, 4.69) is 10.3 Å². The van der Waals surface area contributed by atoms with Crippen LogP contribution < -0.4 is 11.1 Å². The number of likely N-dealkylation sites (tertiary alicyclic amines) is 1. The number of nitrogens with two attached hydrogens (primary N) is 1. The van der Waals surface area contributed by atoms with Crippen LogP contribution in [0.1, 0.15) is 49.4 Å². The fourth-order valence-electron chi connectivity index (χ4n) is 4.70. The standard InChI is InChI=1S/C24H30N4O2/c25-17-24(12-5-6-13-24)23(30)28-15-11-21(28)22(29)27-20(18-8-2-1-3-9-18)16-19-10-4-7-14-26-19/h1-4,7-10,14,20-21H,5-6,11-13,15-17,25H2,(H,27,29). The van der Waals surface area contributed by atoms with Gasteiger partial charge in [-0.25, -0.2) is 0 Å². The lowest BCUT2D eigenvalue weighted by Gasteiger charge is -2.44. The molecule has 6 heteroatoms. The van der Waals surface area contributed by atoms with Crippen molar-refractivity contribution in [2.24, 2.45) is 11.1 Å². The van der Waals surface area contributed by atoms with Gasteiger partial charge in [-0.3, -0.25) is 14.6 Å². The monoisotopic (exact) mass is 406 g/mol. The molecule has 2 aromatic rings. The Bertz CT molecular complexity index is 865. The van der Waals surface area contributed by atoms with Crippen LogP contribution in [0.5, 0.6) is 0 Å². The van der Waals surface area contributed by atoms with E-state index in [-0.39, 0.29) is 17.9 Å². The van der Waals surface area contributed by atoms with Crippen LogP contribution in [0.3, 0.4) is 0 Å². The molecule has 158 valence electrons. The summed E-state index contributed by atoms with van der Waals surface area (Å²) in [6, 6.07) is 15.1. The summed E-state index contributed by atoms with van der Waals surface area (Å²) in [5, 5.41) is 3.19. The van der Waals surface area contributed by atoms with Gasteiger partial charge in [0.15, 0.2) is 0 Å². The number of hydrogen-bond acceptors (Lipinski definition) is 4. The second-order valence-corrected chi connectivity index (χ2v) is 8.49. The molecule has 2 unspecified atom stereocenters. The molecular weight excluding hydrogens is 376 g/mol. The molecule has 3 N–H and O–H groups in total. The van der Waals surface area contributed by atoms with Gasteiger partial charge in [0, 0.05) is 31.4 Å². The minimum absolute atomic E-state index is 0.0647. The van der Waals surface area contributed by atoms with Crippen molar-refractivity contribution < 1.29 is 9.59 Å². The molecule has 0 bridgehead atoms. The molecule has 2 heterocycles. The van der Waals surface area contributed by atoms with E-state index in [1.54, 1.807) is 11.1 Å². The van der Waals surface area contributed by atoms with E-state index in [1.165, 1.54) is 0 Å². The summed E-state index contributed by atoms with van der Waals surface area (Å²) in [5.41, 5.74) is 7.48. The van der Waals surface area contributed by atoms with Crippen molar-refractivity contribution in [3.8, 4) is 0 Å². The van der Waals surface area contributed by atoms with Gasteiger partial charge in [-0.05, 0) is 37.0 Å². The molecule has 0 spiro atoms. The van der Waals surface area contributed by atoms with E-state index in [1.807, 2.05) is 48.5 Å². The number of hydrogen-bond donors (Lipinski definition) is 2. The quantitative estimate of drug-likeness (QED) is 0.740. The van der Waals surface area contributed by atoms with Gasteiger partial charge in [-0.15, -0.1) is 0 Å². The third kappa shape index (κ3) is 4.10. The zero-order valence-electron chi connectivity index (χ0n) is 17.3. The summed E-state index contributed by atoms with van der Waals surface area (Å²) >= 11 is 0. The first-order valence-electron chi connectivity index (χ1n) is 10.9. The number of pyridine rings is 1. The lowest BCUT2D eigenvalue weighted by atomic mass is 9.82. The van der Waals surface area contributed by atoms with Gasteiger partial charge in [-0.1, -0.05) is 49.2 Å². The Morgan fingerprint density at radius 3 is 2.47 bits per heavy atom. The Labute approximate surface area is 177 Å². The Hall–Kier alpha value is -2.73. The smallest absolute Gasteiger partial charge is 0.243 e. The zero-order chi connectivity index (χ0) is 21.0. The van der Waals surface area contributed by atoms with E-state index in [4.69, 9.17) is 5.73 Å². The van der Waals surface area contributed by atoms with Crippen LogP contribution in [-0.2, 0) is 16.0 Å². The second kappa shape index (κ2) is 8.96. The summed E-state index contributed by atoms with van der Waals surface area (Å²) in [5.74, 6) is -0.0283. The number of aromatic nitrogens is 1. The fourth-order valence-corrected chi connectivity index (χ4v) is 4.70. The Morgan fingerprint density at radius 2 is 1.87 bits per heavy atom. The number of carbonyl (C=O) groups excluding carboxylic acids is 2. The predicted octanol–water partition coefficient (Wildman–Crippen LogP) is 2.60. The number of amides is 2. The van der Waals surface area contributed by atoms with E-state index >= 15 is 0 Å². The van der Waals surface area contributed by atoms with Crippen LogP contribution in [0.4, 0.5) is 0 Å². The number of nitrogens with zero attached hydrogens (tertiary/aromatic N) is 2. The zero-order valence-corrected chi connectivity index (χ0v) is 17.3. The van der Waals surface area contributed by atoms with Crippen molar-refractivity contribution in [1.29, 1.82) is 0 Å². The fraction of sp³-hybridized carbons (Fsp3) is 0.458. The molecule has 2 fully saturated rings. The van der Waals surface area contributed by atoms with Crippen LogP contribution in [-0.4, -0.2) is 40.8 Å². The van der Waals surface area contributed by atoms with Gasteiger partial charge in [0.2, 0.25) is 11.8 Å². The third-order valence-electron chi connectivity index (χ3n) is 6.65. The summed E-state index contributed by atoms with van der Waals surface area (Å²) in [7, 11) is 0. The van der Waals surface area contributed by atoms with Crippen LogP contribution in [0.2, 0.25) is 0 Å². The molecule has 2 amide bonds. The van der Waals surface area contributed by atoms with Crippen molar-refractivity contribution in [2.45, 2.75) is 50.6 Å². The molecule has 1 aliphatic carbocycles. The average molecular weight is 407 g/mol. The third-order valence-corrected chi connectivity index (χ3v) is 6.65. The van der Waals surface area contributed by atoms with Crippen LogP contribution >= 0.6 is 0 Å². The van der Waals surface area contributed by atoms with Crippen LogP contribution in [0.15, 0.2) is 54.7 Å². The topological polar surface area (TPSA) is 88.3 Å². The summed E-state index contributed by atoms with van der Waals surface area (Å²) < 4.78 is 0. The molecule has 1 saturated heterocycles. The van der Waals surface area contributed by atoms with E-state index in [9.17, 15) is 9.59 Å². The SMILES string of the molecule is NCC1(C(=O)N2CCC2C(=O)NC(Cc2ccccn2)c2ccccc2)CCCC1. The minimum atomic E-state index is -0.467. The largest absolute Gasteiger partial charge is 0.347 e. The van der Waals surface area contributed by atoms with Gasteiger partial charge in [0.05, 0.1) is 11.5 Å². The molecule has 2 atom stereocenters. The maximum absolute atomic E-state index is 13.2.